The quantitative estimate of drug-likeness (QED) is 0.892. The van der Waals surface area contributed by atoms with Crippen molar-refractivity contribution in [1.82, 2.24) is 9.80 Å². The highest BCUT2D eigenvalue weighted by Gasteiger charge is 2.22. The van der Waals surface area contributed by atoms with Crippen molar-refractivity contribution in [3.63, 3.8) is 0 Å². The number of rotatable bonds is 5. The first-order valence-electron chi connectivity index (χ1n) is 9.24. The molecule has 0 aromatic heterocycles. The van der Waals surface area contributed by atoms with Crippen LogP contribution in [0.3, 0.4) is 0 Å². The zero-order chi connectivity index (χ0) is 17.6. The van der Waals surface area contributed by atoms with Gasteiger partial charge in [0.05, 0.1) is 6.10 Å². The second kappa shape index (κ2) is 8.34. The van der Waals surface area contributed by atoms with E-state index in [-0.39, 0.29) is 18.0 Å². The van der Waals surface area contributed by atoms with E-state index in [4.69, 9.17) is 4.74 Å². The number of anilines is 1. The van der Waals surface area contributed by atoms with Crippen LogP contribution in [0.2, 0.25) is 0 Å². The van der Waals surface area contributed by atoms with Gasteiger partial charge < -0.3 is 19.9 Å². The van der Waals surface area contributed by atoms with E-state index in [1.807, 2.05) is 24.0 Å². The molecule has 6 nitrogen and oxygen atoms in total. The minimum absolute atomic E-state index is 0.0419. The fraction of sp³-hybridized carbons (Fsp3) is 0.579. The predicted octanol–water partition coefficient (Wildman–Crippen LogP) is 2.96. The number of ether oxygens (including phenoxy) is 1. The summed E-state index contributed by atoms with van der Waals surface area (Å²) >= 11 is 0. The average Bonchev–Trinajstić information content (AvgIpc) is 3.32. The summed E-state index contributed by atoms with van der Waals surface area (Å²) in [5, 5.41) is 2.91. The molecule has 2 aliphatic rings. The number of amides is 3. The zero-order valence-electron chi connectivity index (χ0n) is 14.9. The summed E-state index contributed by atoms with van der Waals surface area (Å²) < 4.78 is 5.62. The first-order chi connectivity index (χ1) is 12.2. The van der Waals surface area contributed by atoms with Gasteiger partial charge in [-0.2, -0.15) is 0 Å². The molecule has 3 amide bonds. The van der Waals surface area contributed by atoms with E-state index < -0.39 is 0 Å². The van der Waals surface area contributed by atoms with E-state index in [9.17, 15) is 9.59 Å². The van der Waals surface area contributed by atoms with Crippen molar-refractivity contribution < 1.29 is 14.3 Å². The second-order valence-corrected chi connectivity index (χ2v) is 6.68. The molecule has 1 aromatic rings. The summed E-state index contributed by atoms with van der Waals surface area (Å²) in [4.78, 5) is 28.7. The molecule has 2 heterocycles. The highest BCUT2D eigenvalue weighted by molar-refractivity contribution is 5.97. The van der Waals surface area contributed by atoms with E-state index >= 15 is 0 Å². The lowest BCUT2D eigenvalue weighted by Crippen LogP contribution is -2.40. The monoisotopic (exact) mass is 345 g/mol. The summed E-state index contributed by atoms with van der Waals surface area (Å²) in [6, 6.07) is 7.05. The molecule has 2 saturated heterocycles. The number of hydrogen-bond acceptors (Lipinski definition) is 3. The number of hydrogen-bond donors (Lipinski definition) is 1. The van der Waals surface area contributed by atoms with Gasteiger partial charge in [-0.25, -0.2) is 4.79 Å². The SMILES string of the molecule is CCN(CC1CCCO1)C(=O)Nc1cccc(C(=O)N2CCCC2)c1. The lowest BCUT2D eigenvalue weighted by molar-refractivity contribution is 0.0793. The van der Waals surface area contributed by atoms with Gasteiger partial charge >= 0.3 is 6.03 Å². The number of carbonyl (C=O) groups is 2. The number of carbonyl (C=O) groups excluding carboxylic acids is 2. The zero-order valence-corrected chi connectivity index (χ0v) is 14.9. The first kappa shape index (κ1) is 17.7. The Hall–Kier alpha value is -2.08. The molecule has 3 rings (SSSR count). The Kier molecular flexibility index (Phi) is 5.91. The van der Waals surface area contributed by atoms with Gasteiger partial charge in [0.2, 0.25) is 0 Å². The van der Waals surface area contributed by atoms with Gasteiger partial charge in [-0.05, 0) is 50.8 Å². The Bertz CT molecular complexity index is 608. The molecule has 0 spiro atoms. The molecule has 0 bridgehead atoms. The maximum atomic E-state index is 12.5. The number of likely N-dealkylation sites (tertiary alicyclic amines) is 1. The van der Waals surface area contributed by atoms with Crippen LogP contribution in [0.15, 0.2) is 24.3 Å². The Morgan fingerprint density at radius 1 is 1.28 bits per heavy atom. The van der Waals surface area contributed by atoms with E-state index in [0.717, 1.165) is 45.4 Å². The summed E-state index contributed by atoms with van der Waals surface area (Å²) in [6.45, 7) is 5.61. The van der Waals surface area contributed by atoms with Gasteiger partial charge in [-0.1, -0.05) is 6.07 Å². The third-order valence-corrected chi connectivity index (χ3v) is 4.87. The lowest BCUT2D eigenvalue weighted by Gasteiger charge is -2.24. The van der Waals surface area contributed by atoms with Crippen LogP contribution in [0.25, 0.3) is 0 Å². The van der Waals surface area contributed by atoms with E-state index in [1.54, 1.807) is 17.0 Å². The molecule has 6 heteroatoms. The number of likely N-dealkylation sites (N-methyl/N-ethyl adjacent to an activating group) is 1. The van der Waals surface area contributed by atoms with Gasteiger partial charge in [0.15, 0.2) is 0 Å². The molecule has 1 aromatic carbocycles. The molecular weight excluding hydrogens is 318 g/mol. The largest absolute Gasteiger partial charge is 0.376 e. The average molecular weight is 345 g/mol. The summed E-state index contributed by atoms with van der Waals surface area (Å²) in [6.07, 6.45) is 4.33. The molecule has 1 atom stereocenters. The smallest absolute Gasteiger partial charge is 0.321 e. The van der Waals surface area contributed by atoms with Gasteiger partial charge in [-0.3, -0.25) is 4.79 Å². The summed E-state index contributed by atoms with van der Waals surface area (Å²) in [7, 11) is 0. The summed E-state index contributed by atoms with van der Waals surface area (Å²) in [5.41, 5.74) is 1.28. The third kappa shape index (κ3) is 4.51. The Labute approximate surface area is 149 Å². The van der Waals surface area contributed by atoms with Crippen molar-refractivity contribution in [2.45, 2.75) is 38.7 Å². The number of nitrogens with zero attached hydrogens (tertiary/aromatic N) is 2. The Balaban J connectivity index is 1.61. The van der Waals surface area contributed by atoms with Crippen LogP contribution >= 0.6 is 0 Å². The van der Waals surface area contributed by atoms with Gasteiger partial charge in [0.25, 0.3) is 5.91 Å². The van der Waals surface area contributed by atoms with E-state index in [0.29, 0.717) is 24.3 Å². The van der Waals surface area contributed by atoms with E-state index in [2.05, 4.69) is 5.32 Å². The van der Waals surface area contributed by atoms with Crippen molar-refractivity contribution in [2.75, 3.05) is 38.1 Å². The number of nitrogens with one attached hydrogen (secondary N) is 1. The van der Waals surface area contributed by atoms with Crippen LogP contribution in [0, 0.1) is 0 Å². The predicted molar refractivity (Wildman–Crippen MR) is 96.8 cm³/mol. The van der Waals surface area contributed by atoms with Crippen LogP contribution < -0.4 is 5.32 Å². The highest BCUT2D eigenvalue weighted by Crippen LogP contribution is 2.18. The van der Waals surface area contributed by atoms with Crippen molar-refractivity contribution in [3.8, 4) is 0 Å². The molecular formula is C19H27N3O3. The fourth-order valence-electron chi connectivity index (χ4n) is 3.43. The van der Waals surface area contributed by atoms with Gasteiger partial charge in [-0.15, -0.1) is 0 Å². The Morgan fingerprint density at radius 3 is 2.76 bits per heavy atom. The maximum Gasteiger partial charge on any atom is 0.321 e. The van der Waals surface area contributed by atoms with Crippen molar-refractivity contribution >= 4 is 17.6 Å². The molecule has 136 valence electrons. The molecule has 1 unspecified atom stereocenters. The van der Waals surface area contributed by atoms with Crippen LogP contribution in [0.4, 0.5) is 10.5 Å². The van der Waals surface area contributed by atoms with Crippen LogP contribution in [0.5, 0.6) is 0 Å². The molecule has 2 aliphatic heterocycles. The molecule has 0 aliphatic carbocycles. The number of urea groups is 1. The Morgan fingerprint density at radius 2 is 2.08 bits per heavy atom. The third-order valence-electron chi connectivity index (χ3n) is 4.87. The lowest BCUT2D eigenvalue weighted by atomic mass is 10.1. The summed E-state index contributed by atoms with van der Waals surface area (Å²) in [5.74, 6) is 0.0419. The van der Waals surface area contributed by atoms with Crippen molar-refractivity contribution in [3.05, 3.63) is 29.8 Å². The minimum Gasteiger partial charge on any atom is -0.376 e. The fourth-order valence-corrected chi connectivity index (χ4v) is 3.43. The minimum atomic E-state index is -0.149. The molecule has 0 radical (unpaired) electrons. The van der Waals surface area contributed by atoms with Crippen LogP contribution in [-0.2, 0) is 4.74 Å². The van der Waals surface area contributed by atoms with Crippen molar-refractivity contribution in [2.24, 2.45) is 0 Å². The molecule has 2 fully saturated rings. The molecule has 25 heavy (non-hydrogen) atoms. The normalized spacial score (nSPS) is 19.9. The van der Waals surface area contributed by atoms with Gasteiger partial charge in [0.1, 0.15) is 0 Å². The van der Waals surface area contributed by atoms with Gasteiger partial charge in [0, 0.05) is 44.0 Å². The van der Waals surface area contributed by atoms with Crippen LogP contribution in [0.1, 0.15) is 43.0 Å². The standard InChI is InChI=1S/C19H27N3O3/c1-2-21(14-17-9-6-12-25-17)19(24)20-16-8-5-7-15(13-16)18(23)22-10-3-4-11-22/h5,7-8,13,17H,2-4,6,9-12,14H2,1H3,(H,20,24). The topological polar surface area (TPSA) is 61.9 Å². The van der Waals surface area contributed by atoms with E-state index in [1.165, 1.54) is 0 Å². The second-order valence-electron chi connectivity index (χ2n) is 6.68. The maximum absolute atomic E-state index is 12.5. The highest BCUT2D eigenvalue weighted by atomic mass is 16.5. The first-order valence-corrected chi connectivity index (χ1v) is 9.24. The van der Waals surface area contributed by atoms with Crippen molar-refractivity contribution in [1.29, 1.82) is 0 Å². The molecule has 1 N–H and O–H groups in total. The molecule has 0 saturated carbocycles. The number of benzene rings is 1. The van der Waals surface area contributed by atoms with Crippen LogP contribution in [-0.4, -0.2) is 60.6 Å².